The Morgan fingerprint density at radius 3 is 1.57 bits per heavy atom. The van der Waals surface area contributed by atoms with E-state index in [1.807, 2.05) is 60.7 Å². The Morgan fingerprint density at radius 2 is 1.03 bits per heavy atom. The van der Waals surface area contributed by atoms with Crippen LogP contribution in [0.4, 0.5) is 13.2 Å². The maximum Gasteiger partial charge on any atom is 0.194 e. The van der Waals surface area contributed by atoms with Crippen LogP contribution < -0.4 is 15.9 Å². The first-order chi connectivity index (χ1) is 14.1. The smallest absolute Gasteiger partial charge is 0.194 e. The second-order valence-electron chi connectivity index (χ2n) is 6.68. The van der Waals surface area contributed by atoms with Gasteiger partial charge >= 0.3 is 0 Å². The van der Waals surface area contributed by atoms with Gasteiger partial charge in [-0.15, -0.1) is 17.0 Å². The highest BCUT2D eigenvalue weighted by atomic mass is 79.9. The lowest BCUT2D eigenvalue weighted by Crippen LogP contribution is -2.20. The number of hydrogen-bond acceptors (Lipinski definition) is 0. The van der Waals surface area contributed by atoms with Gasteiger partial charge in [0.25, 0.3) is 0 Å². The Kier molecular flexibility index (Phi) is 7.47. The average molecular weight is 487 g/mol. The van der Waals surface area contributed by atoms with Gasteiger partial charge in [0.15, 0.2) is 17.5 Å². The number of benzene rings is 4. The molecule has 0 radical (unpaired) electrons. The van der Waals surface area contributed by atoms with Crippen molar-refractivity contribution < 1.29 is 13.2 Å². The van der Waals surface area contributed by atoms with Crippen molar-refractivity contribution in [1.82, 2.24) is 0 Å². The minimum atomic E-state index is -1.42. The van der Waals surface area contributed by atoms with Gasteiger partial charge in [0.05, 0.1) is 0 Å². The van der Waals surface area contributed by atoms with Gasteiger partial charge in [-0.2, -0.15) is 0 Å². The van der Waals surface area contributed by atoms with E-state index < -0.39 is 25.4 Å². The highest BCUT2D eigenvalue weighted by Gasteiger charge is 2.17. The molecule has 0 amide bonds. The zero-order chi connectivity index (χ0) is 20.2. The van der Waals surface area contributed by atoms with Crippen molar-refractivity contribution in [2.45, 2.75) is 6.42 Å². The fraction of sp³-hybridized carbons (Fsp3) is 0.0400. The summed E-state index contributed by atoms with van der Waals surface area (Å²) >= 11 is 0. The molecule has 152 valence electrons. The Labute approximate surface area is 185 Å². The lowest BCUT2D eigenvalue weighted by Gasteiger charge is -2.19. The van der Waals surface area contributed by atoms with E-state index in [1.165, 1.54) is 22.0 Å². The van der Waals surface area contributed by atoms with E-state index in [-0.39, 0.29) is 29.0 Å². The molecule has 4 aromatic carbocycles. The molecule has 0 heterocycles. The van der Waals surface area contributed by atoms with Gasteiger partial charge in [0.1, 0.15) is 0 Å². The van der Waals surface area contributed by atoms with Crippen molar-refractivity contribution in [3.63, 3.8) is 0 Å². The second kappa shape index (κ2) is 10.1. The van der Waals surface area contributed by atoms with Gasteiger partial charge in [-0.1, -0.05) is 91.0 Å². The average Bonchev–Trinajstić information content (AvgIpc) is 2.77. The molecule has 0 saturated carbocycles. The van der Waals surface area contributed by atoms with E-state index in [9.17, 15) is 13.2 Å². The van der Waals surface area contributed by atoms with Crippen molar-refractivity contribution in [2.75, 3.05) is 0 Å². The molecule has 0 spiro atoms. The van der Waals surface area contributed by atoms with Gasteiger partial charge < -0.3 is 0 Å². The first kappa shape index (κ1) is 22.3. The highest BCUT2D eigenvalue weighted by Crippen LogP contribution is 2.32. The second-order valence-corrected chi connectivity index (χ2v) is 8.90. The van der Waals surface area contributed by atoms with Crippen LogP contribution in [0.2, 0.25) is 0 Å². The van der Waals surface area contributed by atoms with Gasteiger partial charge in [-0.3, -0.25) is 0 Å². The van der Waals surface area contributed by atoms with Crippen molar-refractivity contribution in [3.8, 4) is 0 Å². The maximum atomic E-state index is 14.0. The zero-order valence-electron chi connectivity index (χ0n) is 15.9. The highest BCUT2D eigenvalue weighted by molar-refractivity contribution is 8.93. The van der Waals surface area contributed by atoms with Crippen LogP contribution in [0.1, 0.15) is 11.1 Å². The molecule has 0 atom stereocenters. The summed E-state index contributed by atoms with van der Waals surface area (Å²) in [6.07, 6.45) is 0.206. The summed E-state index contributed by atoms with van der Waals surface area (Å²) in [5, 5.41) is 3.66. The van der Waals surface area contributed by atoms with Crippen molar-refractivity contribution in [3.05, 3.63) is 126 Å². The van der Waals surface area contributed by atoms with Crippen LogP contribution in [0.5, 0.6) is 0 Å². The van der Waals surface area contributed by atoms with Crippen LogP contribution in [-0.4, -0.2) is 0 Å². The predicted molar refractivity (Wildman–Crippen MR) is 125 cm³/mol. The fourth-order valence-corrected chi connectivity index (χ4v) is 5.57. The van der Waals surface area contributed by atoms with Crippen molar-refractivity contribution in [1.29, 1.82) is 0 Å². The standard InChI is InChI=1S/C25H18F3P.BrH/c26-23-16-13-19(24(27)25(23)28)17-18-11-14-22(15-12-18)29(20-7-3-1-4-8-20)21-9-5-2-6-10-21;/h1-16H,17H2;1H. The van der Waals surface area contributed by atoms with E-state index in [4.69, 9.17) is 0 Å². The van der Waals surface area contributed by atoms with Crippen LogP contribution in [-0.2, 0) is 6.42 Å². The molecule has 0 saturated heterocycles. The largest absolute Gasteiger partial charge is 0.204 e. The van der Waals surface area contributed by atoms with E-state index >= 15 is 0 Å². The monoisotopic (exact) mass is 486 g/mol. The molecular weight excluding hydrogens is 468 g/mol. The van der Waals surface area contributed by atoms with Crippen LogP contribution in [0, 0.1) is 17.5 Å². The van der Waals surface area contributed by atoms with Crippen LogP contribution in [0.3, 0.4) is 0 Å². The minimum absolute atomic E-state index is 0. The molecule has 30 heavy (non-hydrogen) atoms. The normalized spacial score (nSPS) is 10.7. The van der Waals surface area contributed by atoms with E-state index in [0.29, 0.717) is 0 Å². The molecule has 5 heteroatoms. The fourth-order valence-electron chi connectivity index (χ4n) is 3.29. The Balaban J connectivity index is 0.00000256. The molecule has 4 rings (SSSR count). The van der Waals surface area contributed by atoms with Crippen molar-refractivity contribution >= 4 is 40.8 Å². The molecule has 0 N–H and O–H groups in total. The molecule has 0 fully saturated rings. The summed E-state index contributed by atoms with van der Waals surface area (Å²) in [7, 11) is -0.717. The SMILES string of the molecule is Br.Fc1ccc(Cc2ccc(P(c3ccccc3)c3ccccc3)cc2)c(F)c1F. The third-order valence-electron chi connectivity index (χ3n) is 4.73. The maximum absolute atomic E-state index is 14.0. The summed E-state index contributed by atoms with van der Waals surface area (Å²) < 4.78 is 40.6. The van der Waals surface area contributed by atoms with Gasteiger partial charge in [-0.25, -0.2) is 13.2 Å². The van der Waals surface area contributed by atoms with E-state index in [1.54, 1.807) is 0 Å². The molecule has 0 bridgehead atoms. The van der Waals surface area contributed by atoms with Crippen LogP contribution >= 0.6 is 24.9 Å². The minimum Gasteiger partial charge on any atom is -0.204 e. The summed E-state index contributed by atoms with van der Waals surface area (Å²) in [4.78, 5) is 0. The van der Waals surface area contributed by atoms with Gasteiger partial charge in [-0.05, 0) is 41.0 Å². The molecule has 0 aliphatic rings. The lowest BCUT2D eigenvalue weighted by molar-refractivity contribution is 0.442. The Bertz CT molecular complexity index is 1060. The molecule has 0 nitrogen and oxygen atoms in total. The predicted octanol–water partition coefficient (Wildman–Crippen LogP) is 6.03. The molecular formula is C25H19BrF3P. The first-order valence-corrected chi connectivity index (χ1v) is 10.6. The number of rotatable bonds is 5. The Hall–Kier alpha value is -2.42. The van der Waals surface area contributed by atoms with Crippen LogP contribution in [0.25, 0.3) is 0 Å². The van der Waals surface area contributed by atoms with E-state index in [2.05, 4.69) is 24.3 Å². The molecule has 0 aromatic heterocycles. The summed E-state index contributed by atoms with van der Waals surface area (Å²) in [5.41, 5.74) is 0.986. The Morgan fingerprint density at radius 1 is 0.533 bits per heavy atom. The summed E-state index contributed by atoms with van der Waals surface area (Å²) in [5.74, 6) is -3.71. The molecule has 0 unspecified atom stereocenters. The zero-order valence-corrected chi connectivity index (χ0v) is 18.5. The van der Waals surface area contributed by atoms with Gasteiger partial charge in [0.2, 0.25) is 0 Å². The van der Waals surface area contributed by atoms with Crippen molar-refractivity contribution in [2.24, 2.45) is 0 Å². The first-order valence-electron chi connectivity index (χ1n) is 9.25. The van der Waals surface area contributed by atoms with Gasteiger partial charge in [0, 0.05) is 6.42 Å². The quantitative estimate of drug-likeness (QED) is 0.238. The third-order valence-corrected chi connectivity index (χ3v) is 7.18. The van der Waals surface area contributed by atoms with Crippen LogP contribution in [0.15, 0.2) is 97.1 Å². The third kappa shape index (κ3) is 4.83. The van der Waals surface area contributed by atoms with E-state index in [0.717, 1.165) is 11.6 Å². The summed E-state index contributed by atoms with van der Waals surface area (Å²) in [6.45, 7) is 0. The topological polar surface area (TPSA) is 0 Å². The molecule has 0 aliphatic carbocycles. The molecule has 4 aromatic rings. The number of halogens is 4. The summed E-state index contributed by atoms with van der Waals surface area (Å²) in [6, 6.07) is 30.9. The lowest BCUT2D eigenvalue weighted by atomic mass is 10.0. The molecule has 0 aliphatic heterocycles. The number of hydrogen-bond donors (Lipinski definition) is 0.